The number of carbonyl (C=O) groups excluding carboxylic acids is 3. The highest BCUT2D eigenvalue weighted by molar-refractivity contribution is 5.70. The Morgan fingerprint density at radius 2 is 0.940 bits per heavy atom. The van der Waals surface area contributed by atoms with Gasteiger partial charge >= 0.3 is 11.9 Å². The van der Waals surface area contributed by atoms with Crippen molar-refractivity contribution in [1.29, 1.82) is 0 Å². The summed E-state index contributed by atoms with van der Waals surface area (Å²) in [5.41, 5.74) is 0. The lowest BCUT2D eigenvalue weighted by molar-refractivity contribution is -0.889. The van der Waals surface area contributed by atoms with Crippen molar-refractivity contribution in [3.05, 3.63) is 0 Å². The molecule has 8 nitrogen and oxygen atoms in total. The van der Waals surface area contributed by atoms with Crippen molar-refractivity contribution in [3.63, 3.8) is 0 Å². The highest BCUT2D eigenvalue weighted by Crippen LogP contribution is 2.15. The minimum absolute atomic E-state index is 0.129. The number of hydrogen-bond donors (Lipinski definition) is 0. The molecule has 50 heavy (non-hydrogen) atoms. The van der Waals surface area contributed by atoms with E-state index in [-0.39, 0.29) is 19.4 Å². The summed E-state index contributed by atoms with van der Waals surface area (Å²) in [5.74, 6) is -3.19. The summed E-state index contributed by atoms with van der Waals surface area (Å²) in [5, 5.41) is 12.2. The first-order chi connectivity index (χ1) is 27.9. The van der Waals surface area contributed by atoms with Crippen LogP contribution in [0.15, 0.2) is 0 Å². The summed E-state index contributed by atoms with van der Waals surface area (Å²) >= 11 is 0. The number of unbranched alkanes of at least 4 members (excludes halogenated alkanes) is 24. The van der Waals surface area contributed by atoms with Crippen molar-refractivity contribution in [2.24, 2.45) is 0 Å². The van der Waals surface area contributed by atoms with Gasteiger partial charge in [0.1, 0.15) is 12.6 Å². The molecule has 0 radical (unpaired) electrons. The Morgan fingerprint density at radius 3 is 1.32 bits per heavy atom. The van der Waals surface area contributed by atoms with E-state index in [1.807, 2.05) is 0 Å². The van der Waals surface area contributed by atoms with Gasteiger partial charge in [0.15, 0.2) is 6.10 Å². The molecule has 296 valence electrons. The third kappa shape index (κ3) is 32.3. The van der Waals surface area contributed by atoms with Gasteiger partial charge in [0.05, 0.1) is 52.4 Å². The SMILES string of the molecule is [2H]C([2H])([2H])[N+](C(CCOC[C@@H](COC(=O)CCCCCCCCCCCCCCC)OC(=O)CCCCCCCCCCCCCCC)C(=O)[O-])(C([2H])([2H])[2H])C([2H])([2H])[2H]. The number of quaternary nitrogens is 1. The normalized spacial score (nSPS) is 16.3. The zero-order chi connectivity index (χ0) is 44.6. The summed E-state index contributed by atoms with van der Waals surface area (Å²) in [6.07, 6.45) is 28.5. The van der Waals surface area contributed by atoms with Crippen molar-refractivity contribution in [3.8, 4) is 0 Å². The molecule has 0 bridgehead atoms. The maximum atomic E-state index is 12.8. The second kappa shape index (κ2) is 34.4. The predicted octanol–water partition coefficient (Wildman–Crippen LogP) is 9.64. The van der Waals surface area contributed by atoms with Gasteiger partial charge in [-0.2, -0.15) is 0 Å². The van der Waals surface area contributed by atoms with Crippen LogP contribution >= 0.6 is 0 Å². The summed E-state index contributed by atoms with van der Waals surface area (Å²) in [6, 6.07) is -2.53. The molecule has 0 aromatic heterocycles. The van der Waals surface area contributed by atoms with Crippen LogP contribution in [0.2, 0.25) is 0 Å². The van der Waals surface area contributed by atoms with E-state index in [0.29, 0.717) is 12.8 Å². The Kier molecular flexibility index (Phi) is 23.5. The van der Waals surface area contributed by atoms with Gasteiger partial charge in [-0.3, -0.25) is 9.59 Å². The summed E-state index contributed by atoms with van der Waals surface area (Å²) < 4.78 is 84.2. The van der Waals surface area contributed by atoms with E-state index in [1.54, 1.807) is 0 Å². The van der Waals surface area contributed by atoms with Crippen molar-refractivity contribution in [2.75, 3.05) is 40.7 Å². The van der Waals surface area contributed by atoms with Gasteiger partial charge in [-0.1, -0.05) is 168 Å². The van der Waals surface area contributed by atoms with Crippen molar-refractivity contribution >= 4 is 17.9 Å². The number of hydrogen-bond acceptors (Lipinski definition) is 7. The molecule has 1 unspecified atom stereocenters. The van der Waals surface area contributed by atoms with Crippen LogP contribution in [0.1, 0.15) is 212 Å². The molecule has 8 heteroatoms. The van der Waals surface area contributed by atoms with Crippen LogP contribution in [0.25, 0.3) is 0 Å². The van der Waals surface area contributed by atoms with E-state index in [1.165, 1.54) is 109 Å². The van der Waals surface area contributed by atoms with Crippen LogP contribution < -0.4 is 5.11 Å². The summed E-state index contributed by atoms with van der Waals surface area (Å²) in [6.45, 7) is -8.30. The van der Waals surface area contributed by atoms with Gasteiger partial charge in [-0.15, -0.1) is 0 Å². The third-order valence-electron chi connectivity index (χ3n) is 9.28. The Labute approximate surface area is 321 Å². The van der Waals surface area contributed by atoms with E-state index in [9.17, 15) is 19.5 Å². The predicted molar refractivity (Wildman–Crippen MR) is 204 cm³/mol. The molecule has 0 heterocycles. The van der Waals surface area contributed by atoms with Gasteiger partial charge in [-0.05, 0) is 12.8 Å². The van der Waals surface area contributed by atoms with Gasteiger partial charge < -0.3 is 28.6 Å². The van der Waals surface area contributed by atoms with Crippen molar-refractivity contribution in [2.45, 2.75) is 212 Å². The Morgan fingerprint density at radius 1 is 0.560 bits per heavy atom. The molecule has 0 rings (SSSR count). The molecule has 2 atom stereocenters. The standard InChI is InChI=1S/C42H81NO7/c1-6-8-10-12-14-16-18-20-22-24-26-28-30-32-40(44)49-37-38(36-48-35-34-39(42(46)47)43(3,4)5)50-41(45)33-31-29-27-25-23-21-19-17-15-13-11-9-7-2/h38-39H,6-37H2,1-5H3/t38-,39?/m0/s1/i3D3,4D3,5D3. The highest BCUT2D eigenvalue weighted by Gasteiger charge is 2.25. The molecule has 0 aliphatic carbocycles. The molecule has 0 saturated heterocycles. The monoisotopic (exact) mass is 721 g/mol. The number of aliphatic carboxylic acids is 1. The maximum Gasteiger partial charge on any atom is 0.306 e. The van der Waals surface area contributed by atoms with Gasteiger partial charge in [0.2, 0.25) is 0 Å². The first-order valence-corrected chi connectivity index (χ1v) is 20.4. The number of carboxylic acids is 1. The zero-order valence-electron chi connectivity index (χ0n) is 41.1. The Balaban J connectivity index is 5.07. The lowest BCUT2D eigenvalue weighted by Crippen LogP contribution is -2.55. The van der Waals surface area contributed by atoms with Crippen LogP contribution in [0.3, 0.4) is 0 Å². The number of esters is 2. The average molecular weight is 721 g/mol. The van der Waals surface area contributed by atoms with E-state index in [2.05, 4.69) is 13.8 Å². The second-order valence-electron chi connectivity index (χ2n) is 14.2. The van der Waals surface area contributed by atoms with Gasteiger partial charge in [-0.25, -0.2) is 0 Å². The highest BCUT2D eigenvalue weighted by atomic mass is 16.6. The molecular formula is C42H81NO7. The quantitative estimate of drug-likeness (QED) is 0.0356. The summed E-state index contributed by atoms with van der Waals surface area (Å²) in [4.78, 5) is 37.6. The zero-order valence-corrected chi connectivity index (χ0v) is 32.1. The Bertz CT molecular complexity index is 1050. The smallest absolute Gasteiger partial charge is 0.306 e. The minimum Gasteiger partial charge on any atom is -0.544 e. The van der Waals surface area contributed by atoms with Gasteiger partial charge in [0.25, 0.3) is 0 Å². The maximum absolute atomic E-state index is 12.8. The molecule has 0 aliphatic rings. The fraction of sp³-hybridized carbons (Fsp3) is 0.929. The number of nitrogens with zero attached hydrogens (tertiary/aromatic N) is 1. The lowest BCUT2D eigenvalue weighted by atomic mass is 10.0. The van der Waals surface area contributed by atoms with Crippen LogP contribution in [-0.4, -0.2) is 75.3 Å². The fourth-order valence-corrected chi connectivity index (χ4v) is 6.07. The first-order valence-electron chi connectivity index (χ1n) is 24.9. The molecule has 0 fully saturated rings. The Hall–Kier alpha value is -1.67. The topological polar surface area (TPSA) is 102 Å². The second-order valence-corrected chi connectivity index (χ2v) is 14.2. The van der Waals surface area contributed by atoms with E-state index < -0.39 is 75.1 Å². The van der Waals surface area contributed by atoms with Crippen molar-refractivity contribution < 1.29 is 50.5 Å². The van der Waals surface area contributed by atoms with E-state index in [4.69, 9.17) is 26.5 Å². The summed E-state index contributed by atoms with van der Waals surface area (Å²) in [7, 11) is 0. The number of carboxylic acid groups (broad SMARTS) is 1. The molecule has 0 aromatic carbocycles. The molecule has 0 aliphatic heterocycles. The molecule has 0 amide bonds. The fourth-order valence-electron chi connectivity index (χ4n) is 6.07. The number of likely N-dealkylation sites (N-methyl/N-ethyl adjacent to an activating group) is 1. The largest absolute Gasteiger partial charge is 0.544 e. The average Bonchev–Trinajstić information content (AvgIpc) is 3.13. The van der Waals surface area contributed by atoms with E-state index in [0.717, 1.165) is 44.9 Å². The molecule has 0 saturated carbocycles. The number of rotatable bonds is 38. The van der Waals surface area contributed by atoms with Crippen molar-refractivity contribution in [1.82, 2.24) is 0 Å². The van der Waals surface area contributed by atoms with Gasteiger partial charge in [0, 0.05) is 19.3 Å². The molecule has 0 N–H and O–H groups in total. The van der Waals surface area contributed by atoms with Crippen LogP contribution in [0.4, 0.5) is 0 Å². The lowest BCUT2D eigenvalue weighted by Gasteiger charge is -2.34. The van der Waals surface area contributed by atoms with Crippen LogP contribution in [0.5, 0.6) is 0 Å². The third-order valence-corrected chi connectivity index (χ3v) is 9.28. The molecular weight excluding hydrogens is 630 g/mol. The van der Waals surface area contributed by atoms with Crippen LogP contribution in [0, 0.1) is 0 Å². The molecule has 0 aromatic rings. The molecule has 0 spiro atoms. The number of ether oxygens (including phenoxy) is 3. The van der Waals surface area contributed by atoms with E-state index >= 15 is 0 Å². The first kappa shape index (κ1) is 34.1. The minimum atomic E-state index is -3.80. The van der Waals surface area contributed by atoms with Crippen LogP contribution in [-0.2, 0) is 28.6 Å². The number of carbonyl (C=O) groups is 3.